The summed E-state index contributed by atoms with van der Waals surface area (Å²) in [7, 11) is 0. The Bertz CT molecular complexity index is 742. The number of hydrogen-bond donors (Lipinski definition) is 1. The van der Waals surface area contributed by atoms with Crippen LogP contribution in [0.2, 0.25) is 0 Å². The lowest BCUT2D eigenvalue weighted by Crippen LogP contribution is -2.24. The first-order valence-electron chi connectivity index (χ1n) is 7.94. The molecule has 1 N–H and O–H groups in total. The number of amides is 1. The van der Waals surface area contributed by atoms with Crippen molar-refractivity contribution in [3.8, 4) is 0 Å². The molecule has 2 aromatic carbocycles. The highest BCUT2D eigenvalue weighted by Gasteiger charge is 2.24. The summed E-state index contributed by atoms with van der Waals surface area (Å²) in [5.41, 5.74) is 4.72. The van der Waals surface area contributed by atoms with E-state index in [2.05, 4.69) is 37.4 Å². The summed E-state index contributed by atoms with van der Waals surface area (Å²) in [5, 5.41) is 3.26. The Kier molecular flexibility index (Phi) is 4.33. The fourth-order valence-electron chi connectivity index (χ4n) is 2.93. The van der Waals surface area contributed by atoms with Crippen molar-refractivity contribution in [3.05, 3.63) is 58.9 Å². The first-order valence-corrected chi connectivity index (χ1v) is 7.94. The van der Waals surface area contributed by atoms with Crippen molar-refractivity contribution < 1.29 is 9.18 Å². The maximum absolute atomic E-state index is 14.3. The van der Waals surface area contributed by atoms with Crippen molar-refractivity contribution in [3.63, 3.8) is 0 Å². The molecule has 1 amide bonds. The molecule has 0 atom stereocenters. The number of anilines is 2. The quantitative estimate of drug-likeness (QED) is 0.918. The van der Waals surface area contributed by atoms with Crippen LogP contribution in [-0.4, -0.2) is 12.5 Å². The van der Waals surface area contributed by atoms with Gasteiger partial charge in [0.2, 0.25) is 5.91 Å². The second-order valence-electron chi connectivity index (χ2n) is 6.10. The highest BCUT2D eigenvalue weighted by Crippen LogP contribution is 2.27. The number of rotatable bonds is 4. The maximum Gasteiger partial charge on any atom is 0.227 e. The Morgan fingerprint density at radius 2 is 2.00 bits per heavy atom. The maximum atomic E-state index is 14.3. The van der Waals surface area contributed by atoms with Gasteiger partial charge in [0.1, 0.15) is 5.82 Å². The van der Waals surface area contributed by atoms with Crippen molar-refractivity contribution in [2.24, 2.45) is 0 Å². The highest BCUT2D eigenvalue weighted by atomic mass is 19.1. The summed E-state index contributed by atoms with van der Waals surface area (Å²) in [6.07, 6.45) is 1.30. The summed E-state index contributed by atoms with van der Waals surface area (Å²) in [6, 6.07) is 11.3. The molecular weight excluding hydrogens is 291 g/mol. The Morgan fingerprint density at radius 3 is 2.70 bits per heavy atom. The summed E-state index contributed by atoms with van der Waals surface area (Å²) in [6.45, 7) is 5.38. The standard InChI is InChI=1S/C19H21FN2O/c1-13-5-6-14(2)15(10-13)12-21-16-7-8-18(17(20)11-16)22-9-3-4-19(22)23/h5-8,10-11,21H,3-4,9,12H2,1-2H3. The number of nitrogens with zero attached hydrogens (tertiary/aromatic N) is 1. The summed E-state index contributed by atoms with van der Waals surface area (Å²) in [5.74, 6) is -0.355. The largest absolute Gasteiger partial charge is 0.381 e. The van der Waals surface area contributed by atoms with Gasteiger partial charge in [0.15, 0.2) is 0 Å². The minimum absolute atomic E-state index is 0.00000487. The third-order valence-corrected chi connectivity index (χ3v) is 4.30. The van der Waals surface area contributed by atoms with Gasteiger partial charge < -0.3 is 10.2 Å². The molecule has 2 aromatic rings. The molecule has 0 unspecified atom stereocenters. The zero-order valence-corrected chi connectivity index (χ0v) is 13.5. The molecule has 0 saturated carbocycles. The molecule has 1 aliphatic heterocycles. The van der Waals surface area contributed by atoms with Crippen LogP contribution in [0.3, 0.4) is 0 Å². The number of nitrogens with one attached hydrogen (secondary N) is 1. The van der Waals surface area contributed by atoms with E-state index in [9.17, 15) is 9.18 Å². The van der Waals surface area contributed by atoms with Gasteiger partial charge >= 0.3 is 0 Å². The SMILES string of the molecule is Cc1ccc(C)c(CNc2ccc(N3CCCC3=O)c(F)c2)c1. The van der Waals surface area contributed by atoms with Crippen molar-refractivity contribution in [2.75, 3.05) is 16.8 Å². The zero-order valence-electron chi connectivity index (χ0n) is 13.5. The van der Waals surface area contributed by atoms with E-state index in [0.717, 1.165) is 12.1 Å². The fourth-order valence-corrected chi connectivity index (χ4v) is 2.93. The molecule has 120 valence electrons. The molecule has 0 radical (unpaired) electrons. The average molecular weight is 312 g/mol. The molecule has 0 bridgehead atoms. The predicted octanol–water partition coefficient (Wildman–Crippen LogP) is 4.18. The van der Waals surface area contributed by atoms with Gasteiger partial charge in [-0.25, -0.2) is 4.39 Å². The second-order valence-corrected chi connectivity index (χ2v) is 6.10. The monoisotopic (exact) mass is 312 g/mol. The van der Waals surface area contributed by atoms with Gasteiger partial charge in [0.05, 0.1) is 5.69 Å². The Balaban J connectivity index is 1.73. The van der Waals surface area contributed by atoms with E-state index in [0.29, 0.717) is 25.2 Å². The minimum atomic E-state index is -0.355. The van der Waals surface area contributed by atoms with Gasteiger partial charge in [-0.15, -0.1) is 0 Å². The third-order valence-electron chi connectivity index (χ3n) is 4.30. The van der Waals surface area contributed by atoms with Crippen molar-refractivity contribution in [2.45, 2.75) is 33.2 Å². The molecule has 1 fully saturated rings. The Hall–Kier alpha value is -2.36. The molecular formula is C19H21FN2O. The van der Waals surface area contributed by atoms with E-state index in [1.54, 1.807) is 6.07 Å². The van der Waals surface area contributed by atoms with Gasteiger partial charge in [0.25, 0.3) is 0 Å². The Morgan fingerprint density at radius 1 is 1.17 bits per heavy atom. The summed E-state index contributed by atoms with van der Waals surface area (Å²) < 4.78 is 14.3. The molecule has 4 heteroatoms. The van der Waals surface area contributed by atoms with Crippen LogP contribution in [0.25, 0.3) is 0 Å². The van der Waals surface area contributed by atoms with Crippen LogP contribution in [0.1, 0.15) is 29.5 Å². The molecule has 23 heavy (non-hydrogen) atoms. The molecule has 1 heterocycles. The van der Waals surface area contributed by atoms with Crippen LogP contribution < -0.4 is 10.2 Å². The van der Waals surface area contributed by atoms with Crippen LogP contribution in [-0.2, 0) is 11.3 Å². The van der Waals surface area contributed by atoms with Gasteiger partial charge in [0, 0.05) is 25.2 Å². The summed E-state index contributed by atoms with van der Waals surface area (Å²) >= 11 is 0. The fraction of sp³-hybridized carbons (Fsp3) is 0.316. The van der Waals surface area contributed by atoms with Crippen LogP contribution in [0.15, 0.2) is 36.4 Å². The lowest BCUT2D eigenvalue weighted by Gasteiger charge is -2.17. The van der Waals surface area contributed by atoms with Gasteiger partial charge in [-0.3, -0.25) is 4.79 Å². The molecule has 0 spiro atoms. The first kappa shape index (κ1) is 15.5. The first-order chi connectivity index (χ1) is 11.0. The second kappa shape index (κ2) is 6.41. The van der Waals surface area contributed by atoms with E-state index in [4.69, 9.17) is 0 Å². The molecule has 0 aromatic heterocycles. The number of benzene rings is 2. The van der Waals surface area contributed by atoms with Gasteiger partial charge in [-0.1, -0.05) is 23.8 Å². The topological polar surface area (TPSA) is 32.3 Å². The van der Waals surface area contributed by atoms with Crippen LogP contribution in [0.5, 0.6) is 0 Å². The van der Waals surface area contributed by atoms with Crippen LogP contribution in [0.4, 0.5) is 15.8 Å². The number of aryl methyl sites for hydroxylation is 2. The number of halogens is 1. The van der Waals surface area contributed by atoms with Crippen molar-refractivity contribution in [1.29, 1.82) is 0 Å². The third kappa shape index (κ3) is 3.36. The van der Waals surface area contributed by atoms with E-state index < -0.39 is 0 Å². The minimum Gasteiger partial charge on any atom is -0.381 e. The van der Waals surface area contributed by atoms with Crippen LogP contribution in [0, 0.1) is 19.7 Å². The van der Waals surface area contributed by atoms with Crippen LogP contribution >= 0.6 is 0 Å². The smallest absolute Gasteiger partial charge is 0.227 e. The highest BCUT2D eigenvalue weighted by molar-refractivity contribution is 5.95. The predicted molar refractivity (Wildman–Crippen MR) is 91.2 cm³/mol. The lowest BCUT2D eigenvalue weighted by molar-refractivity contribution is -0.117. The average Bonchev–Trinajstić information content (AvgIpc) is 2.94. The van der Waals surface area contributed by atoms with Crippen molar-refractivity contribution >= 4 is 17.3 Å². The summed E-state index contributed by atoms with van der Waals surface area (Å²) in [4.78, 5) is 13.3. The zero-order chi connectivity index (χ0) is 16.4. The van der Waals surface area contributed by atoms with E-state index in [1.165, 1.54) is 27.7 Å². The number of carbonyl (C=O) groups excluding carboxylic acids is 1. The molecule has 1 saturated heterocycles. The van der Waals surface area contributed by atoms with E-state index in [-0.39, 0.29) is 11.7 Å². The van der Waals surface area contributed by atoms with E-state index in [1.807, 2.05) is 6.07 Å². The number of hydrogen-bond acceptors (Lipinski definition) is 2. The van der Waals surface area contributed by atoms with Gasteiger partial charge in [-0.05, 0) is 49.6 Å². The lowest BCUT2D eigenvalue weighted by atomic mass is 10.1. The normalized spacial score (nSPS) is 14.4. The van der Waals surface area contributed by atoms with Crippen molar-refractivity contribution in [1.82, 2.24) is 0 Å². The molecule has 3 nitrogen and oxygen atoms in total. The molecule has 1 aliphatic rings. The molecule has 3 rings (SSSR count). The van der Waals surface area contributed by atoms with E-state index >= 15 is 0 Å². The Labute approximate surface area is 136 Å². The number of carbonyl (C=O) groups is 1. The molecule has 0 aliphatic carbocycles. The van der Waals surface area contributed by atoms with Gasteiger partial charge in [-0.2, -0.15) is 0 Å².